The molecule has 0 heterocycles. The summed E-state index contributed by atoms with van der Waals surface area (Å²) in [5.74, 6) is -0.309. The van der Waals surface area contributed by atoms with Gasteiger partial charge in [-0.15, -0.1) is 11.6 Å². The number of rotatable bonds is 2. The Labute approximate surface area is 135 Å². The van der Waals surface area contributed by atoms with Crippen LogP contribution in [0.25, 0.3) is 0 Å². The van der Waals surface area contributed by atoms with Crippen molar-refractivity contribution in [2.45, 2.75) is 5.38 Å². The monoisotopic (exact) mass is 454 g/mol. The van der Waals surface area contributed by atoms with Crippen LogP contribution in [0.3, 0.4) is 0 Å². The molecule has 5 heteroatoms. The zero-order valence-corrected chi connectivity index (χ0v) is 14.4. The largest absolute Gasteiger partial charge is 0.207 e. The van der Waals surface area contributed by atoms with Crippen molar-refractivity contribution in [3.05, 3.63) is 66.8 Å². The third kappa shape index (κ3) is 3.35. The van der Waals surface area contributed by atoms with E-state index in [1.54, 1.807) is 0 Å². The number of halogens is 5. The second-order valence-corrected chi connectivity index (χ2v) is 6.85. The molecule has 1 atom stereocenters. The molecule has 2 aromatic carbocycles. The van der Waals surface area contributed by atoms with Crippen molar-refractivity contribution in [3.63, 3.8) is 0 Å². The fourth-order valence-corrected chi connectivity index (χ4v) is 3.39. The zero-order valence-electron chi connectivity index (χ0n) is 8.93. The molecule has 0 saturated carbocycles. The number of hydrogen-bond donors (Lipinski definition) is 0. The van der Waals surface area contributed by atoms with Crippen molar-refractivity contribution >= 4 is 59.4 Å². The Kier molecular flexibility index (Phi) is 4.86. The molecule has 0 aliphatic heterocycles. The standard InChI is InChI=1S/C13H7Br3ClF/c14-8-1-2-12(16)11(6-8)13(17)7-3-9(15)5-10(18)4-7/h1-6,13H. The van der Waals surface area contributed by atoms with Gasteiger partial charge >= 0.3 is 0 Å². The summed E-state index contributed by atoms with van der Waals surface area (Å²) in [6, 6.07) is 10.4. The van der Waals surface area contributed by atoms with E-state index in [4.69, 9.17) is 11.6 Å². The molecule has 94 valence electrons. The van der Waals surface area contributed by atoms with Gasteiger partial charge in [0.05, 0.1) is 5.38 Å². The van der Waals surface area contributed by atoms with E-state index in [0.717, 1.165) is 14.5 Å². The molecule has 0 saturated heterocycles. The smallest absolute Gasteiger partial charge is 0.124 e. The molecule has 18 heavy (non-hydrogen) atoms. The molecular formula is C13H7Br3ClF. The van der Waals surface area contributed by atoms with Crippen molar-refractivity contribution in [2.75, 3.05) is 0 Å². The molecule has 2 aromatic rings. The Morgan fingerprint density at radius 1 is 0.944 bits per heavy atom. The molecule has 0 amide bonds. The first-order valence-corrected chi connectivity index (χ1v) is 7.84. The lowest BCUT2D eigenvalue weighted by atomic mass is 10.0. The lowest BCUT2D eigenvalue weighted by Crippen LogP contribution is -1.96. The van der Waals surface area contributed by atoms with E-state index in [2.05, 4.69) is 47.8 Å². The van der Waals surface area contributed by atoms with E-state index in [9.17, 15) is 4.39 Å². The summed E-state index contributed by atoms with van der Waals surface area (Å²) in [4.78, 5) is 0. The molecule has 0 nitrogen and oxygen atoms in total. The van der Waals surface area contributed by atoms with E-state index in [1.165, 1.54) is 12.1 Å². The van der Waals surface area contributed by atoms with E-state index < -0.39 is 5.38 Å². The van der Waals surface area contributed by atoms with Crippen molar-refractivity contribution in [3.8, 4) is 0 Å². The molecule has 2 rings (SSSR count). The summed E-state index contributed by atoms with van der Waals surface area (Å²) in [5, 5.41) is -0.413. The lowest BCUT2D eigenvalue weighted by molar-refractivity contribution is 0.625. The SMILES string of the molecule is Fc1cc(Br)cc(C(Cl)c2cc(Br)ccc2Br)c1. The topological polar surface area (TPSA) is 0 Å². The third-order valence-electron chi connectivity index (χ3n) is 2.41. The minimum Gasteiger partial charge on any atom is -0.207 e. The summed E-state index contributed by atoms with van der Waals surface area (Å²) in [6.07, 6.45) is 0. The van der Waals surface area contributed by atoms with Gasteiger partial charge in [0.25, 0.3) is 0 Å². The summed E-state index contributed by atoms with van der Waals surface area (Å²) >= 11 is 16.5. The molecule has 0 aliphatic rings. The molecule has 0 radical (unpaired) electrons. The number of benzene rings is 2. The Balaban J connectivity index is 2.47. The molecule has 0 spiro atoms. The maximum Gasteiger partial charge on any atom is 0.124 e. The highest BCUT2D eigenvalue weighted by Gasteiger charge is 2.15. The van der Waals surface area contributed by atoms with Crippen LogP contribution < -0.4 is 0 Å². The minimum absolute atomic E-state index is 0.309. The van der Waals surface area contributed by atoms with E-state index in [0.29, 0.717) is 10.0 Å². The second kappa shape index (κ2) is 6.04. The van der Waals surface area contributed by atoms with Crippen LogP contribution in [-0.2, 0) is 0 Å². The highest BCUT2D eigenvalue weighted by atomic mass is 79.9. The fraction of sp³-hybridized carbons (Fsp3) is 0.0769. The quantitative estimate of drug-likeness (QED) is 0.456. The van der Waals surface area contributed by atoms with Crippen molar-refractivity contribution in [1.82, 2.24) is 0 Å². The van der Waals surface area contributed by atoms with Crippen molar-refractivity contribution in [1.29, 1.82) is 0 Å². The first-order valence-electron chi connectivity index (χ1n) is 5.02. The van der Waals surface area contributed by atoms with Crippen molar-refractivity contribution in [2.24, 2.45) is 0 Å². The van der Waals surface area contributed by atoms with E-state index in [-0.39, 0.29) is 5.82 Å². The third-order valence-corrected chi connectivity index (χ3v) is 4.57. The van der Waals surface area contributed by atoms with Gasteiger partial charge in [-0.25, -0.2) is 4.39 Å². The van der Waals surface area contributed by atoms with Crippen LogP contribution in [0.15, 0.2) is 49.8 Å². The average Bonchev–Trinajstić information content (AvgIpc) is 2.30. The van der Waals surface area contributed by atoms with Crippen LogP contribution >= 0.6 is 59.4 Å². The Morgan fingerprint density at radius 3 is 2.33 bits per heavy atom. The number of hydrogen-bond acceptors (Lipinski definition) is 0. The normalized spacial score (nSPS) is 12.5. The van der Waals surface area contributed by atoms with Crippen LogP contribution in [0, 0.1) is 5.82 Å². The maximum atomic E-state index is 13.4. The van der Waals surface area contributed by atoms with Gasteiger partial charge in [-0.1, -0.05) is 47.8 Å². The first-order chi connectivity index (χ1) is 8.47. The second-order valence-electron chi connectivity index (χ2n) is 3.73. The molecule has 0 aromatic heterocycles. The van der Waals surface area contributed by atoms with Crippen LogP contribution in [0.2, 0.25) is 0 Å². The lowest BCUT2D eigenvalue weighted by Gasteiger charge is -2.13. The van der Waals surface area contributed by atoms with E-state index >= 15 is 0 Å². The summed E-state index contributed by atoms with van der Waals surface area (Å²) in [6.45, 7) is 0. The predicted molar refractivity (Wildman–Crippen MR) is 83.6 cm³/mol. The van der Waals surface area contributed by atoms with Gasteiger partial charge in [0.1, 0.15) is 5.82 Å². The Bertz CT molecular complexity index is 566. The van der Waals surface area contributed by atoms with E-state index in [1.807, 2.05) is 24.3 Å². The van der Waals surface area contributed by atoms with Crippen LogP contribution in [0.1, 0.15) is 16.5 Å². The molecule has 0 bridgehead atoms. The molecule has 0 fully saturated rings. The molecular weight excluding hydrogens is 450 g/mol. The van der Waals surface area contributed by atoms with Gasteiger partial charge in [0, 0.05) is 13.4 Å². The predicted octanol–water partition coefficient (Wildman–Crippen LogP) is 6.44. The van der Waals surface area contributed by atoms with Gasteiger partial charge in [-0.2, -0.15) is 0 Å². The zero-order chi connectivity index (χ0) is 13.3. The Hall–Kier alpha value is 0.1000. The summed E-state index contributed by atoms with van der Waals surface area (Å²) < 4.78 is 15.9. The molecule has 1 unspecified atom stereocenters. The van der Waals surface area contributed by atoms with Gasteiger partial charge < -0.3 is 0 Å². The highest BCUT2D eigenvalue weighted by Crippen LogP contribution is 2.36. The van der Waals surface area contributed by atoms with Gasteiger partial charge in [0.15, 0.2) is 0 Å². The van der Waals surface area contributed by atoms with Crippen molar-refractivity contribution < 1.29 is 4.39 Å². The van der Waals surface area contributed by atoms with Gasteiger partial charge in [-0.05, 0) is 47.5 Å². The van der Waals surface area contributed by atoms with Crippen LogP contribution in [-0.4, -0.2) is 0 Å². The maximum absolute atomic E-state index is 13.4. The average molecular weight is 457 g/mol. The van der Waals surface area contributed by atoms with Crippen LogP contribution in [0.5, 0.6) is 0 Å². The number of alkyl halides is 1. The molecule has 0 N–H and O–H groups in total. The highest BCUT2D eigenvalue weighted by molar-refractivity contribution is 9.11. The minimum atomic E-state index is -0.413. The Morgan fingerprint density at radius 2 is 1.67 bits per heavy atom. The molecule has 0 aliphatic carbocycles. The summed E-state index contributed by atoms with van der Waals surface area (Å²) in [5.41, 5.74) is 1.60. The van der Waals surface area contributed by atoms with Crippen LogP contribution in [0.4, 0.5) is 4.39 Å². The fourth-order valence-electron chi connectivity index (χ4n) is 1.61. The summed E-state index contributed by atoms with van der Waals surface area (Å²) in [7, 11) is 0. The van der Waals surface area contributed by atoms with Gasteiger partial charge in [-0.3, -0.25) is 0 Å². The van der Waals surface area contributed by atoms with Gasteiger partial charge in [0.2, 0.25) is 0 Å². The first kappa shape index (κ1) is 14.5.